The van der Waals surface area contributed by atoms with Crippen molar-refractivity contribution in [2.45, 2.75) is 20.0 Å². The summed E-state index contributed by atoms with van der Waals surface area (Å²) in [6, 6.07) is 5.93. The van der Waals surface area contributed by atoms with Crippen LogP contribution in [0.4, 0.5) is 0 Å². The van der Waals surface area contributed by atoms with Crippen LogP contribution in [0, 0.1) is 13.8 Å². The highest BCUT2D eigenvalue weighted by atomic mass is 79.9. The van der Waals surface area contributed by atoms with Crippen molar-refractivity contribution in [1.82, 2.24) is 0 Å². The number of hydrogen-bond donors (Lipinski definition) is 1. The third-order valence-corrected chi connectivity index (χ3v) is 6.23. The average molecular weight is 406 g/mol. The van der Waals surface area contributed by atoms with Crippen LogP contribution in [0.3, 0.4) is 0 Å². The minimum atomic E-state index is -0.678. The molecule has 0 spiro atoms. The Labute approximate surface area is 133 Å². The van der Waals surface area contributed by atoms with Crippen LogP contribution in [0.5, 0.6) is 5.75 Å². The van der Waals surface area contributed by atoms with E-state index in [0.29, 0.717) is 0 Å². The molecule has 1 atom stereocenters. The summed E-state index contributed by atoms with van der Waals surface area (Å²) in [7, 11) is 1.63. The summed E-state index contributed by atoms with van der Waals surface area (Å²) in [4.78, 5) is 0.879. The molecule has 2 rings (SSSR count). The zero-order valence-corrected chi connectivity index (χ0v) is 14.8. The van der Waals surface area contributed by atoms with Gasteiger partial charge in [0.25, 0.3) is 0 Å². The van der Waals surface area contributed by atoms with Gasteiger partial charge in [-0.3, -0.25) is 0 Å². The predicted octanol–water partition coefficient (Wildman–Crippen LogP) is 4.98. The summed E-state index contributed by atoms with van der Waals surface area (Å²) >= 11 is 8.41. The summed E-state index contributed by atoms with van der Waals surface area (Å²) in [5.41, 5.74) is 2.98. The number of ether oxygens (including phenoxy) is 1. The zero-order valence-electron chi connectivity index (χ0n) is 10.8. The minimum Gasteiger partial charge on any atom is -0.496 e. The van der Waals surface area contributed by atoms with E-state index in [1.54, 1.807) is 7.11 Å². The molecule has 1 aromatic heterocycles. The van der Waals surface area contributed by atoms with E-state index in [1.165, 1.54) is 11.3 Å². The molecule has 0 bridgehead atoms. The van der Waals surface area contributed by atoms with Gasteiger partial charge in [0.2, 0.25) is 0 Å². The summed E-state index contributed by atoms with van der Waals surface area (Å²) in [6.45, 7) is 4.01. The van der Waals surface area contributed by atoms with E-state index in [1.807, 2.05) is 26.0 Å². The monoisotopic (exact) mass is 404 g/mol. The summed E-state index contributed by atoms with van der Waals surface area (Å²) in [6.07, 6.45) is -0.678. The van der Waals surface area contributed by atoms with Crippen LogP contribution in [-0.2, 0) is 0 Å². The van der Waals surface area contributed by atoms with Crippen molar-refractivity contribution >= 4 is 43.2 Å². The van der Waals surface area contributed by atoms with Gasteiger partial charge in [-0.2, -0.15) is 0 Å². The number of aliphatic hydroxyl groups is 1. The van der Waals surface area contributed by atoms with Crippen LogP contribution < -0.4 is 4.74 Å². The fourth-order valence-corrected chi connectivity index (χ4v) is 4.19. The molecule has 0 aliphatic carbocycles. The van der Waals surface area contributed by atoms with Crippen LogP contribution in [0.15, 0.2) is 26.5 Å². The quantitative estimate of drug-likeness (QED) is 0.780. The first-order valence-corrected chi connectivity index (χ1v) is 8.12. The van der Waals surface area contributed by atoms with Gasteiger partial charge in [0, 0.05) is 14.9 Å². The Kier molecular flexibility index (Phi) is 4.71. The lowest BCUT2D eigenvalue weighted by atomic mass is 9.99. The van der Waals surface area contributed by atoms with Crippen LogP contribution in [0.2, 0.25) is 0 Å². The Morgan fingerprint density at radius 2 is 1.89 bits per heavy atom. The molecule has 5 heteroatoms. The number of hydrogen-bond acceptors (Lipinski definition) is 3. The molecule has 0 saturated heterocycles. The lowest BCUT2D eigenvalue weighted by molar-refractivity contribution is 0.217. The van der Waals surface area contributed by atoms with Gasteiger partial charge in [0.15, 0.2) is 0 Å². The Morgan fingerprint density at radius 1 is 1.21 bits per heavy atom. The molecular weight excluding hydrogens is 392 g/mol. The van der Waals surface area contributed by atoms with Crippen LogP contribution >= 0.6 is 43.2 Å². The molecule has 2 nitrogen and oxygen atoms in total. The normalized spacial score (nSPS) is 12.5. The second-order valence-corrected chi connectivity index (χ2v) is 7.63. The van der Waals surface area contributed by atoms with Crippen LogP contribution in [-0.4, -0.2) is 12.2 Å². The van der Waals surface area contributed by atoms with Gasteiger partial charge in [-0.25, -0.2) is 0 Å². The highest BCUT2D eigenvalue weighted by molar-refractivity contribution is 9.13. The van der Waals surface area contributed by atoms with Crippen molar-refractivity contribution < 1.29 is 9.84 Å². The number of benzene rings is 1. The van der Waals surface area contributed by atoms with Gasteiger partial charge in [0.05, 0.1) is 10.9 Å². The van der Waals surface area contributed by atoms with Crippen molar-refractivity contribution in [2.24, 2.45) is 0 Å². The zero-order chi connectivity index (χ0) is 14.2. The van der Waals surface area contributed by atoms with Gasteiger partial charge < -0.3 is 9.84 Å². The predicted molar refractivity (Wildman–Crippen MR) is 86.2 cm³/mol. The number of rotatable bonds is 3. The molecule has 0 fully saturated rings. The molecule has 19 heavy (non-hydrogen) atoms. The molecule has 0 saturated carbocycles. The molecule has 0 aliphatic heterocycles. The smallest absolute Gasteiger partial charge is 0.125 e. The van der Waals surface area contributed by atoms with Crippen LogP contribution in [0.1, 0.15) is 27.7 Å². The van der Waals surface area contributed by atoms with Gasteiger partial charge in [0.1, 0.15) is 11.9 Å². The van der Waals surface area contributed by atoms with E-state index in [0.717, 1.165) is 35.6 Å². The Balaban J connectivity index is 2.51. The van der Waals surface area contributed by atoms with Crippen molar-refractivity contribution in [2.75, 3.05) is 7.11 Å². The molecule has 1 N–H and O–H groups in total. The maximum absolute atomic E-state index is 10.6. The van der Waals surface area contributed by atoms with Crippen molar-refractivity contribution in [1.29, 1.82) is 0 Å². The molecule has 0 aliphatic rings. The highest BCUT2D eigenvalue weighted by Crippen LogP contribution is 2.41. The molecule has 102 valence electrons. The first-order valence-electron chi connectivity index (χ1n) is 5.72. The first kappa shape index (κ1) is 15.0. The van der Waals surface area contributed by atoms with Crippen molar-refractivity contribution in [3.63, 3.8) is 0 Å². The summed E-state index contributed by atoms with van der Waals surface area (Å²) < 4.78 is 7.34. The van der Waals surface area contributed by atoms with Crippen molar-refractivity contribution in [3.8, 4) is 5.75 Å². The molecule has 1 heterocycles. The van der Waals surface area contributed by atoms with Gasteiger partial charge in [-0.15, -0.1) is 11.3 Å². The van der Waals surface area contributed by atoms with E-state index in [2.05, 4.69) is 37.9 Å². The lowest BCUT2D eigenvalue weighted by Gasteiger charge is -2.17. The Hall–Kier alpha value is -0.360. The minimum absolute atomic E-state index is 0.678. The molecule has 0 amide bonds. The average Bonchev–Trinajstić information content (AvgIpc) is 2.68. The van der Waals surface area contributed by atoms with Crippen molar-refractivity contribution in [3.05, 3.63) is 48.0 Å². The van der Waals surface area contributed by atoms with Gasteiger partial charge in [-0.1, -0.05) is 6.07 Å². The van der Waals surface area contributed by atoms with E-state index in [4.69, 9.17) is 4.74 Å². The van der Waals surface area contributed by atoms with Crippen LogP contribution in [0.25, 0.3) is 0 Å². The van der Waals surface area contributed by atoms with Gasteiger partial charge >= 0.3 is 0 Å². The number of thiophene rings is 1. The first-order chi connectivity index (χ1) is 8.93. The highest BCUT2D eigenvalue weighted by Gasteiger charge is 2.21. The van der Waals surface area contributed by atoms with Gasteiger partial charge in [-0.05, 0) is 69.0 Å². The SMILES string of the molecule is COc1cc(C)cc(C)c1C(O)c1cc(Br)c(Br)s1. The third-order valence-electron chi connectivity index (χ3n) is 2.92. The second kappa shape index (κ2) is 5.95. The molecular formula is C14H14Br2O2S. The fourth-order valence-electron chi connectivity index (χ4n) is 2.10. The van der Waals surface area contributed by atoms with E-state index < -0.39 is 6.10 Å². The molecule has 2 aromatic rings. The molecule has 1 aromatic carbocycles. The number of aryl methyl sites for hydroxylation is 2. The van der Waals surface area contributed by atoms with E-state index >= 15 is 0 Å². The Morgan fingerprint density at radius 3 is 2.42 bits per heavy atom. The maximum atomic E-state index is 10.6. The molecule has 1 unspecified atom stereocenters. The summed E-state index contributed by atoms with van der Waals surface area (Å²) in [5.74, 6) is 0.727. The largest absolute Gasteiger partial charge is 0.496 e. The summed E-state index contributed by atoms with van der Waals surface area (Å²) in [5, 5.41) is 10.6. The molecule has 0 radical (unpaired) electrons. The number of methoxy groups -OCH3 is 1. The Bertz CT molecular complexity index is 588. The fraction of sp³-hybridized carbons (Fsp3) is 0.286. The van der Waals surface area contributed by atoms with E-state index in [9.17, 15) is 5.11 Å². The number of aliphatic hydroxyl groups excluding tert-OH is 1. The third kappa shape index (κ3) is 3.05. The standard InChI is InChI=1S/C14H14Br2O2S/c1-7-4-8(2)12(10(5-7)18-3)13(17)11-6-9(15)14(16)19-11/h4-6,13,17H,1-3H3. The topological polar surface area (TPSA) is 29.5 Å². The second-order valence-electron chi connectivity index (χ2n) is 4.37. The number of halogens is 2. The lowest BCUT2D eigenvalue weighted by Crippen LogP contribution is -2.04. The van der Waals surface area contributed by atoms with E-state index in [-0.39, 0.29) is 0 Å². The maximum Gasteiger partial charge on any atom is 0.125 e.